The van der Waals surface area contributed by atoms with Crippen molar-refractivity contribution in [2.24, 2.45) is 59.2 Å². The third kappa shape index (κ3) is 22.2. The molecule has 0 aromatic carbocycles. The van der Waals surface area contributed by atoms with Gasteiger partial charge in [-0.05, 0) is 100 Å². The number of nitrogens with zero attached hydrogens (tertiary/aromatic N) is 9. The molecule has 14 atom stereocenters. The number of aliphatic hydroxyl groups is 1. The van der Waals surface area contributed by atoms with Gasteiger partial charge in [0.2, 0.25) is 47.3 Å². The summed E-state index contributed by atoms with van der Waals surface area (Å²) >= 11 is 0. The number of hydrogen-bond donors (Lipinski definition) is 2. The second kappa shape index (κ2) is 37.9. The summed E-state index contributed by atoms with van der Waals surface area (Å²) in [6.45, 7) is 34.3. The lowest BCUT2D eigenvalue weighted by atomic mass is 9.83. The van der Waals surface area contributed by atoms with Crippen LogP contribution in [0.2, 0.25) is 0 Å². The molecule has 1 aliphatic carbocycles. The molecule has 95 heavy (non-hydrogen) atoms. The molecule has 2 N–H and O–H groups in total. The topological polar surface area (TPSA) is 249 Å². The van der Waals surface area contributed by atoms with Gasteiger partial charge in [0.05, 0.1) is 18.2 Å². The highest BCUT2D eigenvalue weighted by molar-refractivity contribution is 6.00. The van der Waals surface area contributed by atoms with Crippen LogP contribution in [0.5, 0.6) is 0 Å². The molecular formula is C73H128N10O12. The van der Waals surface area contributed by atoms with Gasteiger partial charge in [0.25, 0.3) is 0 Å². The standard InChI is InChI=1S/C73H128N10O12/c1-25-27-29-48(13)65(87)64-66(88)74-55(26-2)70(92)75(18)52(17)68(90)80(23)63(51(16)42-82-32-34-83(35-33-82)53-30-28-31-53)61(86)41-54(46(9)10)69(91)76(19)56(36-43(3)4)60(85)39-49(14)59(84)40-50(15)67(89)77(20)57(37-44(5)6)71(93)78(21)58(38-45(7)8)72(94)79(22)62(47(11)12)73(95)81(64)24/h25,27,43-58,62-65,87H,26,28-42H2,1-24H3,(H,74,88)/b27-25+/t48-,49-,50+,51-,52-,54+,55+,56+,57+,58+,62+,63+,64+,65-/m1/s1. The Kier molecular flexibility index (Phi) is 33.4. The normalized spacial score (nSPS) is 29.0. The molecule has 8 amide bonds. The molecule has 2 saturated heterocycles. The van der Waals surface area contributed by atoms with Crippen LogP contribution in [0.4, 0.5) is 0 Å². The number of ketones is 3. The van der Waals surface area contributed by atoms with Crippen molar-refractivity contribution in [1.82, 2.24) is 49.4 Å². The monoisotopic (exact) mass is 1340 g/mol. The van der Waals surface area contributed by atoms with E-state index in [2.05, 4.69) is 15.1 Å². The van der Waals surface area contributed by atoms with Gasteiger partial charge < -0.3 is 49.6 Å². The van der Waals surface area contributed by atoms with Crippen molar-refractivity contribution in [3.8, 4) is 0 Å². The van der Waals surface area contributed by atoms with E-state index in [1.54, 1.807) is 68.6 Å². The Morgan fingerprint density at radius 1 is 0.495 bits per heavy atom. The van der Waals surface area contributed by atoms with E-state index in [0.717, 1.165) is 31.1 Å². The smallest absolute Gasteiger partial charge is 0.246 e. The maximum atomic E-state index is 15.4. The first-order chi connectivity index (χ1) is 44.2. The van der Waals surface area contributed by atoms with Crippen LogP contribution in [-0.4, -0.2) is 256 Å². The first-order valence-corrected chi connectivity index (χ1v) is 35.7. The van der Waals surface area contributed by atoms with Crippen LogP contribution in [0.25, 0.3) is 0 Å². The van der Waals surface area contributed by atoms with Crippen LogP contribution in [0.3, 0.4) is 0 Å². The Morgan fingerprint density at radius 3 is 1.44 bits per heavy atom. The highest BCUT2D eigenvalue weighted by Crippen LogP contribution is 2.31. The van der Waals surface area contributed by atoms with Gasteiger partial charge >= 0.3 is 0 Å². The highest BCUT2D eigenvalue weighted by atomic mass is 16.3. The largest absolute Gasteiger partial charge is 0.390 e. The predicted molar refractivity (Wildman–Crippen MR) is 372 cm³/mol. The van der Waals surface area contributed by atoms with Crippen LogP contribution in [0.1, 0.15) is 188 Å². The lowest BCUT2D eigenvalue weighted by Crippen LogP contribution is -2.63. The van der Waals surface area contributed by atoms with Gasteiger partial charge in [-0.15, -0.1) is 0 Å². The number of carbonyl (C=O) groups is 11. The minimum atomic E-state index is -1.61. The van der Waals surface area contributed by atoms with E-state index < -0.39 is 143 Å². The Morgan fingerprint density at radius 2 is 0.968 bits per heavy atom. The molecule has 22 nitrogen and oxygen atoms in total. The number of piperazine rings is 1. The van der Waals surface area contributed by atoms with Crippen LogP contribution in [-0.2, 0) is 52.7 Å². The lowest BCUT2D eigenvalue weighted by molar-refractivity contribution is -0.157. The van der Waals surface area contributed by atoms with Crippen molar-refractivity contribution in [3.63, 3.8) is 0 Å². The molecule has 2 heterocycles. The van der Waals surface area contributed by atoms with Crippen LogP contribution in [0, 0.1) is 59.2 Å². The van der Waals surface area contributed by atoms with Crippen molar-refractivity contribution < 1.29 is 57.8 Å². The fourth-order valence-corrected chi connectivity index (χ4v) is 14.2. The van der Waals surface area contributed by atoms with E-state index in [1.165, 1.54) is 83.9 Å². The fourth-order valence-electron chi connectivity index (χ4n) is 14.2. The SMILES string of the molecule is C/C=C/C[C@@H](C)[C@@H](O)[C@H]1C(=O)N[C@@H](CC)C(=O)N(C)[C@H](C)C(=O)N(C)[C@@H]([C@H](C)CN2CCN(C3CCC3)CC2)C(=O)C[C@@H](C(C)C)C(=O)N(C)[C@@H](CC(C)C)C(=O)C[C@@H](C)C(=O)C[C@H](C)C(=O)N(C)[C@@H](CC(C)C)C(=O)N(C)[C@@H](CC(C)C)C(=O)N(C)[C@@H](C(C)C)C(=O)N1C. The molecule has 0 unspecified atom stereocenters. The summed E-state index contributed by atoms with van der Waals surface area (Å²) in [5.74, 6) is -11.0. The summed E-state index contributed by atoms with van der Waals surface area (Å²) in [6, 6.07) is -9.01. The fraction of sp³-hybridized carbons (Fsp3) is 0.822. The van der Waals surface area contributed by atoms with Gasteiger partial charge in [-0.3, -0.25) is 57.6 Å². The Labute approximate surface area is 571 Å². The van der Waals surface area contributed by atoms with E-state index in [4.69, 9.17) is 0 Å². The maximum Gasteiger partial charge on any atom is 0.246 e. The molecule has 0 aromatic rings. The Balaban J connectivity index is 2.33. The molecule has 22 heteroatoms. The van der Waals surface area contributed by atoms with Crippen LogP contribution >= 0.6 is 0 Å². The minimum absolute atomic E-state index is 0.0304. The third-order valence-electron chi connectivity index (χ3n) is 20.8. The number of Topliss-reactive ketones (excluding diaryl/α,β-unsaturated/α-hetero) is 3. The van der Waals surface area contributed by atoms with Crippen LogP contribution < -0.4 is 5.32 Å². The van der Waals surface area contributed by atoms with E-state index >= 15 is 33.6 Å². The highest BCUT2D eigenvalue weighted by Gasteiger charge is 2.47. The molecule has 3 fully saturated rings. The first-order valence-electron chi connectivity index (χ1n) is 35.7. The Hall–Kier alpha value is -5.61. The molecular weight excluding hydrogens is 1210 g/mol. The number of likely N-dealkylation sites (N-methyl/N-ethyl adjacent to an activating group) is 7. The molecule has 2 aliphatic heterocycles. The first kappa shape index (κ1) is 83.6. The second-order valence-corrected chi connectivity index (χ2v) is 30.6. The van der Waals surface area contributed by atoms with E-state index in [9.17, 15) is 24.3 Å². The van der Waals surface area contributed by atoms with Gasteiger partial charge in [0.1, 0.15) is 42.0 Å². The molecule has 3 rings (SSSR count). The summed E-state index contributed by atoms with van der Waals surface area (Å²) in [7, 11) is 10.4. The quantitative estimate of drug-likeness (QED) is 0.144. The van der Waals surface area contributed by atoms with E-state index in [0.29, 0.717) is 19.0 Å². The van der Waals surface area contributed by atoms with Gasteiger partial charge in [-0.2, -0.15) is 0 Å². The van der Waals surface area contributed by atoms with Crippen molar-refractivity contribution in [1.29, 1.82) is 0 Å². The summed E-state index contributed by atoms with van der Waals surface area (Å²) in [5.41, 5.74) is 0. The zero-order chi connectivity index (χ0) is 72.5. The predicted octanol–water partition coefficient (Wildman–Crippen LogP) is 6.69. The number of carbonyl (C=O) groups excluding carboxylic acids is 11. The Bertz CT molecular complexity index is 2630. The van der Waals surface area contributed by atoms with Gasteiger partial charge in [-0.1, -0.05) is 122 Å². The molecule has 542 valence electrons. The summed E-state index contributed by atoms with van der Waals surface area (Å²) in [6.07, 6.45) is 5.94. The summed E-state index contributed by atoms with van der Waals surface area (Å²) in [4.78, 5) is 179. The number of rotatable bonds is 17. The van der Waals surface area contributed by atoms with Gasteiger partial charge in [0, 0.05) is 125 Å². The molecule has 0 radical (unpaired) electrons. The molecule has 1 saturated carbocycles. The summed E-state index contributed by atoms with van der Waals surface area (Å²) < 4.78 is 0. The van der Waals surface area contributed by atoms with Gasteiger partial charge in [0.15, 0.2) is 11.6 Å². The number of aliphatic hydroxyl groups excluding tert-OH is 1. The van der Waals surface area contributed by atoms with Crippen LogP contribution in [0.15, 0.2) is 12.2 Å². The molecule has 3 aliphatic rings. The van der Waals surface area contributed by atoms with Crippen molar-refractivity contribution in [2.75, 3.05) is 82.1 Å². The zero-order valence-electron chi connectivity index (χ0n) is 63.0. The zero-order valence-corrected chi connectivity index (χ0v) is 63.0. The van der Waals surface area contributed by atoms with Crippen molar-refractivity contribution in [2.45, 2.75) is 249 Å². The summed E-state index contributed by atoms with van der Waals surface area (Å²) in [5, 5.41) is 15.1. The van der Waals surface area contributed by atoms with E-state index in [1.807, 2.05) is 75.3 Å². The van der Waals surface area contributed by atoms with E-state index in [-0.39, 0.29) is 80.0 Å². The number of hydrogen-bond acceptors (Lipinski definition) is 14. The van der Waals surface area contributed by atoms with Crippen molar-refractivity contribution in [3.05, 3.63) is 12.2 Å². The number of nitrogens with one attached hydrogen (secondary N) is 1. The third-order valence-corrected chi connectivity index (χ3v) is 20.8. The average Bonchev–Trinajstić information content (AvgIpc) is 0.811. The second-order valence-electron chi connectivity index (χ2n) is 30.6. The number of allylic oxidation sites excluding steroid dienone is 2. The average molecular weight is 1340 g/mol. The minimum Gasteiger partial charge on any atom is -0.390 e. The molecule has 0 spiro atoms. The maximum absolute atomic E-state index is 15.4. The van der Waals surface area contributed by atoms with Crippen molar-refractivity contribution >= 4 is 64.6 Å². The molecule has 0 aromatic heterocycles. The van der Waals surface area contributed by atoms with Gasteiger partial charge in [-0.25, -0.2) is 0 Å². The number of amides is 8. The lowest BCUT2D eigenvalue weighted by Gasteiger charge is -2.44. The molecule has 0 bridgehead atoms.